The quantitative estimate of drug-likeness (QED) is 0.819. The fourth-order valence-corrected chi connectivity index (χ4v) is 2.89. The summed E-state index contributed by atoms with van der Waals surface area (Å²) >= 11 is 0. The number of hydrogen-bond acceptors (Lipinski definition) is 3. The summed E-state index contributed by atoms with van der Waals surface area (Å²) in [5, 5.41) is 8.92. The Morgan fingerprint density at radius 2 is 2.17 bits per heavy atom. The number of ether oxygens (including phenoxy) is 1. The van der Waals surface area contributed by atoms with Gasteiger partial charge in [0, 0.05) is 18.5 Å². The summed E-state index contributed by atoms with van der Waals surface area (Å²) < 4.78 is 5.44. The number of nitrogens with zero attached hydrogens (tertiary/aromatic N) is 2. The molecule has 1 saturated heterocycles. The van der Waals surface area contributed by atoms with Gasteiger partial charge in [-0.05, 0) is 38.3 Å². The van der Waals surface area contributed by atoms with Crippen LogP contribution in [0.15, 0.2) is 24.3 Å². The van der Waals surface area contributed by atoms with Gasteiger partial charge in [-0.3, -0.25) is 0 Å². The summed E-state index contributed by atoms with van der Waals surface area (Å²) in [5.41, 5.74) is 1.13. The zero-order valence-corrected chi connectivity index (χ0v) is 11.3. The van der Waals surface area contributed by atoms with Crippen molar-refractivity contribution in [1.29, 1.82) is 5.26 Å². The van der Waals surface area contributed by atoms with Gasteiger partial charge in [-0.2, -0.15) is 5.26 Å². The van der Waals surface area contributed by atoms with Gasteiger partial charge in [0.25, 0.3) is 0 Å². The molecule has 0 radical (unpaired) electrons. The van der Waals surface area contributed by atoms with Gasteiger partial charge in [0.2, 0.25) is 0 Å². The van der Waals surface area contributed by atoms with E-state index in [2.05, 4.69) is 30.9 Å². The van der Waals surface area contributed by atoms with Crippen molar-refractivity contribution < 1.29 is 4.74 Å². The lowest BCUT2D eigenvalue weighted by molar-refractivity contribution is 0.365. The minimum Gasteiger partial charge on any atom is -0.495 e. The SMILES string of the molecule is COc1ccccc1N1CCC(CC#N)C1(C)C. The summed E-state index contributed by atoms with van der Waals surface area (Å²) in [7, 11) is 1.70. The number of benzene rings is 1. The second-order valence-corrected chi connectivity index (χ2v) is 5.32. The van der Waals surface area contributed by atoms with E-state index in [-0.39, 0.29) is 5.54 Å². The molecule has 0 bridgehead atoms. The standard InChI is InChI=1S/C15H20N2O/c1-15(2)12(8-10-16)9-11-17(15)13-6-4-5-7-14(13)18-3/h4-7,12H,8-9,11H2,1-3H3. The maximum atomic E-state index is 8.92. The normalized spacial score (nSPS) is 21.7. The van der Waals surface area contributed by atoms with Gasteiger partial charge in [-0.15, -0.1) is 0 Å². The lowest BCUT2D eigenvalue weighted by Crippen LogP contribution is -2.42. The fraction of sp³-hybridized carbons (Fsp3) is 0.533. The predicted molar refractivity (Wildman–Crippen MR) is 72.8 cm³/mol. The second kappa shape index (κ2) is 4.89. The monoisotopic (exact) mass is 244 g/mol. The van der Waals surface area contributed by atoms with E-state index in [1.807, 2.05) is 18.2 Å². The number of anilines is 1. The first kappa shape index (κ1) is 12.8. The Morgan fingerprint density at radius 1 is 1.44 bits per heavy atom. The molecule has 1 aromatic carbocycles. The number of methoxy groups -OCH3 is 1. The Morgan fingerprint density at radius 3 is 2.83 bits per heavy atom. The van der Waals surface area contributed by atoms with Crippen LogP contribution >= 0.6 is 0 Å². The molecule has 1 aromatic rings. The summed E-state index contributed by atoms with van der Waals surface area (Å²) in [4.78, 5) is 2.37. The third-order valence-corrected chi connectivity index (χ3v) is 4.11. The van der Waals surface area contributed by atoms with Crippen LogP contribution in [-0.4, -0.2) is 19.2 Å². The molecule has 18 heavy (non-hydrogen) atoms. The molecular formula is C15H20N2O. The lowest BCUT2D eigenvalue weighted by atomic mass is 9.86. The average molecular weight is 244 g/mol. The first-order valence-electron chi connectivity index (χ1n) is 6.39. The summed E-state index contributed by atoms with van der Waals surface area (Å²) in [5.74, 6) is 1.33. The molecule has 2 rings (SSSR count). The highest BCUT2D eigenvalue weighted by molar-refractivity contribution is 5.61. The van der Waals surface area contributed by atoms with Crippen molar-refractivity contribution in [3.63, 3.8) is 0 Å². The summed E-state index contributed by atoms with van der Waals surface area (Å²) in [6, 6.07) is 10.4. The maximum Gasteiger partial charge on any atom is 0.142 e. The molecule has 1 fully saturated rings. The molecular weight excluding hydrogens is 224 g/mol. The van der Waals surface area contributed by atoms with Crippen LogP contribution in [0.3, 0.4) is 0 Å². The third kappa shape index (κ3) is 2.03. The van der Waals surface area contributed by atoms with Gasteiger partial charge < -0.3 is 9.64 Å². The molecule has 0 N–H and O–H groups in total. The van der Waals surface area contributed by atoms with Gasteiger partial charge in [0.1, 0.15) is 5.75 Å². The number of hydrogen-bond donors (Lipinski definition) is 0. The van der Waals surface area contributed by atoms with E-state index in [0.717, 1.165) is 24.4 Å². The Balaban J connectivity index is 2.32. The molecule has 96 valence electrons. The van der Waals surface area contributed by atoms with Gasteiger partial charge >= 0.3 is 0 Å². The van der Waals surface area contributed by atoms with Crippen LogP contribution in [-0.2, 0) is 0 Å². The molecule has 1 atom stereocenters. The highest BCUT2D eigenvalue weighted by atomic mass is 16.5. The van der Waals surface area contributed by atoms with E-state index in [4.69, 9.17) is 10.00 Å². The molecule has 1 aliphatic rings. The Kier molecular flexibility index (Phi) is 3.47. The average Bonchev–Trinajstić information content (AvgIpc) is 2.65. The zero-order chi connectivity index (χ0) is 13.2. The van der Waals surface area contributed by atoms with Gasteiger partial charge in [0.05, 0.1) is 18.9 Å². The minimum atomic E-state index is 0.00433. The van der Waals surface area contributed by atoms with Crippen LogP contribution in [0.1, 0.15) is 26.7 Å². The van der Waals surface area contributed by atoms with Crippen LogP contribution in [0, 0.1) is 17.2 Å². The van der Waals surface area contributed by atoms with Crippen LogP contribution in [0.5, 0.6) is 5.75 Å². The van der Waals surface area contributed by atoms with E-state index < -0.39 is 0 Å². The minimum absolute atomic E-state index is 0.00433. The molecule has 3 nitrogen and oxygen atoms in total. The van der Waals surface area contributed by atoms with E-state index in [0.29, 0.717) is 12.3 Å². The molecule has 1 aliphatic heterocycles. The highest BCUT2D eigenvalue weighted by Gasteiger charge is 2.41. The largest absolute Gasteiger partial charge is 0.495 e. The zero-order valence-electron chi connectivity index (χ0n) is 11.3. The maximum absolute atomic E-state index is 8.92. The van der Waals surface area contributed by atoms with E-state index >= 15 is 0 Å². The molecule has 1 unspecified atom stereocenters. The Labute approximate surface area is 109 Å². The lowest BCUT2D eigenvalue weighted by Gasteiger charge is -2.37. The van der Waals surface area contributed by atoms with Crippen molar-refractivity contribution in [2.45, 2.75) is 32.2 Å². The second-order valence-electron chi connectivity index (χ2n) is 5.32. The third-order valence-electron chi connectivity index (χ3n) is 4.11. The van der Waals surface area contributed by atoms with Crippen molar-refractivity contribution in [3.8, 4) is 11.8 Å². The summed E-state index contributed by atoms with van der Waals surface area (Å²) in [6.45, 7) is 5.42. The van der Waals surface area contributed by atoms with Gasteiger partial charge in [-0.25, -0.2) is 0 Å². The molecule has 1 heterocycles. The fourth-order valence-electron chi connectivity index (χ4n) is 2.89. The first-order valence-corrected chi connectivity index (χ1v) is 6.39. The van der Waals surface area contributed by atoms with Gasteiger partial charge in [-0.1, -0.05) is 12.1 Å². The molecule has 0 spiro atoms. The topological polar surface area (TPSA) is 36.3 Å². The molecule has 0 aromatic heterocycles. The van der Waals surface area contributed by atoms with E-state index in [1.54, 1.807) is 7.11 Å². The Bertz CT molecular complexity index is 462. The van der Waals surface area contributed by atoms with Crippen molar-refractivity contribution in [2.24, 2.45) is 5.92 Å². The van der Waals surface area contributed by atoms with Crippen LogP contribution in [0.4, 0.5) is 5.69 Å². The van der Waals surface area contributed by atoms with E-state index in [1.165, 1.54) is 0 Å². The first-order chi connectivity index (χ1) is 8.61. The molecule has 0 amide bonds. The smallest absolute Gasteiger partial charge is 0.142 e. The van der Waals surface area contributed by atoms with Crippen molar-refractivity contribution >= 4 is 5.69 Å². The van der Waals surface area contributed by atoms with Crippen molar-refractivity contribution in [1.82, 2.24) is 0 Å². The van der Waals surface area contributed by atoms with E-state index in [9.17, 15) is 0 Å². The molecule has 3 heteroatoms. The van der Waals surface area contributed by atoms with Crippen LogP contribution in [0.25, 0.3) is 0 Å². The highest BCUT2D eigenvalue weighted by Crippen LogP contribution is 2.42. The molecule has 0 aliphatic carbocycles. The molecule has 0 saturated carbocycles. The Hall–Kier alpha value is -1.69. The van der Waals surface area contributed by atoms with Crippen molar-refractivity contribution in [2.75, 3.05) is 18.6 Å². The number of para-hydroxylation sites is 2. The summed E-state index contributed by atoms with van der Waals surface area (Å²) in [6.07, 6.45) is 1.69. The number of rotatable bonds is 3. The van der Waals surface area contributed by atoms with Crippen molar-refractivity contribution in [3.05, 3.63) is 24.3 Å². The predicted octanol–water partition coefficient (Wildman–Crippen LogP) is 3.21. The van der Waals surface area contributed by atoms with Crippen LogP contribution in [0.2, 0.25) is 0 Å². The number of nitriles is 1. The van der Waals surface area contributed by atoms with Crippen LogP contribution < -0.4 is 9.64 Å². The van der Waals surface area contributed by atoms with Gasteiger partial charge in [0.15, 0.2) is 0 Å².